The number of hydrogen-bond donors (Lipinski definition) is 2. The second kappa shape index (κ2) is 8.16. The number of hydrogen-bond acceptors (Lipinski definition) is 5. The summed E-state index contributed by atoms with van der Waals surface area (Å²) < 4.78 is 24.3. The van der Waals surface area contributed by atoms with E-state index in [9.17, 15) is 13.2 Å². The zero-order chi connectivity index (χ0) is 19.4. The third kappa shape index (κ3) is 5.12. The summed E-state index contributed by atoms with van der Waals surface area (Å²) in [6, 6.07) is 12.7. The molecule has 0 saturated carbocycles. The summed E-state index contributed by atoms with van der Waals surface area (Å²) in [5, 5.41) is 9.00. The number of rotatable bonds is 7. The van der Waals surface area contributed by atoms with E-state index in [4.69, 9.17) is 5.14 Å². The monoisotopic (exact) mass is 403 g/mol. The van der Waals surface area contributed by atoms with Crippen LogP contribution in [0.3, 0.4) is 0 Å². The molecule has 8 heteroatoms. The van der Waals surface area contributed by atoms with E-state index in [1.165, 1.54) is 10.8 Å². The maximum atomic E-state index is 12.1. The normalized spacial score (nSPS) is 11.6. The van der Waals surface area contributed by atoms with Crippen molar-refractivity contribution in [2.24, 2.45) is 5.14 Å². The number of aryl methyl sites for hydroxylation is 2. The minimum Gasteiger partial charge on any atom is -0.326 e. The maximum absolute atomic E-state index is 12.1. The summed E-state index contributed by atoms with van der Waals surface area (Å²) in [6.45, 7) is 1.66. The van der Waals surface area contributed by atoms with Crippen molar-refractivity contribution in [3.05, 3.63) is 53.0 Å². The van der Waals surface area contributed by atoms with Crippen LogP contribution in [0, 0.1) is 6.92 Å². The second-order valence-electron chi connectivity index (χ2n) is 6.36. The van der Waals surface area contributed by atoms with Crippen LogP contribution in [-0.4, -0.2) is 19.3 Å². The maximum Gasteiger partial charge on any atom is 0.238 e. The van der Waals surface area contributed by atoms with E-state index in [2.05, 4.69) is 16.4 Å². The van der Waals surface area contributed by atoms with Crippen molar-refractivity contribution in [3.63, 3.8) is 0 Å². The molecule has 0 saturated heterocycles. The van der Waals surface area contributed by atoms with Crippen molar-refractivity contribution in [1.82, 2.24) is 4.98 Å². The number of amides is 1. The molecule has 0 radical (unpaired) electrons. The van der Waals surface area contributed by atoms with E-state index < -0.39 is 10.0 Å². The van der Waals surface area contributed by atoms with Gasteiger partial charge in [0.25, 0.3) is 0 Å². The van der Waals surface area contributed by atoms with Gasteiger partial charge in [0.2, 0.25) is 15.9 Å². The van der Waals surface area contributed by atoms with Gasteiger partial charge in [-0.3, -0.25) is 4.79 Å². The second-order valence-corrected chi connectivity index (χ2v) is 9.00. The Bertz CT molecular complexity index is 1040. The van der Waals surface area contributed by atoms with Crippen LogP contribution in [0.15, 0.2) is 47.4 Å². The van der Waals surface area contributed by atoms with Crippen LogP contribution < -0.4 is 10.5 Å². The summed E-state index contributed by atoms with van der Waals surface area (Å²) in [6.07, 6.45) is 2.80. The molecule has 1 aromatic heterocycles. The molecule has 2 aromatic carbocycles. The van der Waals surface area contributed by atoms with E-state index in [0.717, 1.165) is 29.8 Å². The average molecular weight is 404 g/mol. The highest BCUT2D eigenvalue weighted by molar-refractivity contribution is 7.89. The fourth-order valence-electron chi connectivity index (χ4n) is 2.80. The first kappa shape index (κ1) is 19.5. The van der Waals surface area contributed by atoms with Gasteiger partial charge in [0.15, 0.2) is 0 Å². The SMILES string of the molecule is Cc1ccc(NC(=O)CCCCc2nc3ccccc3s2)cc1S(N)(=O)=O. The van der Waals surface area contributed by atoms with Gasteiger partial charge in [-0.05, 0) is 56.0 Å². The van der Waals surface area contributed by atoms with Crippen molar-refractivity contribution in [2.45, 2.75) is 37.5 Å². The molecule has 0 aliphatic carbocycles. The number of nitrogens with one attached hydrogen (secondary N) is 1. The number of carbonyl (C=O) groups excluding carboxylic acids is 1. The van der Waals surface area contributed by atoms with Crippen LogP contribution in [0.25, 0.3) is 10.2 Å². The summed E-state index contributed by atoms with van der Waals surface area (Å²) in [4.78, 5) is 16.7. The van der Waals surface area contributed by atoms with Gasteiger partial charge in [-0.2, -0.15) is 0 Å². The lowest BCUT2D eigenvalue weighted by molar-refractivity contribution is -0.116. The van der Waals surface area contributed by atoms with E-state index in [1.54, 1.807) is 30.4 Å². The number of aromatic nitrogens is 1. The molecule has 0 aliphatic rings. The Kier molecular flexibility index (Phi) is 5.88. The lowest BCUT2D eigenvalue weighted by atomic mass is 10.2. The first-order chi connectivity index (χ1) is 12.8. The minimum absolute atomic E-state index is 0.0242. The highest BCUT2D eigenvalue weighted by Crippen LogP contribution is 2.23. The Morgan fingerprint density at radius 2 is 1.96 bits per heavy atom. The molecule has 3 N–H and O–H groups in total. The standard InChI is InChI=1S/C19H21N3O3S2/c1-13-10-11-14(12-17(13)27(20,24)25)21-18(23)8-4-5-9-19-22-15-6-2-3-7-16(15)26-19/h2-3,6-7,10-12H,4-5,8-9H2,1H3,(H,21,23)(H2,20,24,25). The van der Waals surface area contributed by atoms with Gasteiger partial charge >= 0.3 is 0 Å². The van der Waals surface area contributed by atoms with Crippen molar-refractivity contribution in [3.8, 4) is 0 Å². The number of benzene rings is 2. The molecule has 0 unspecified atom stereocenters. The first-order valence-corrected chi connectivity index (χ1v) is 11.0. The number of anilines is 1. The predicted octanol–water partition coefficient (Wildman–Crippen LogP) is 3.60. The van der Waals surface area contributed by atoms with Crippen LogP contribution in [0.1, 0.15) is 29.8 Å². The highest BCUT2D eigenvalue weighted by Gasteiger charge is 2.13. The molecule has 0 spiro atoms. The quantitative estimate of drug-likeness (QED) is 0.588. The van der Waals surface area contributed by atoms with Crippen LogP contribution >= 0.6 is 11.3 Å². The van der Waals surface area contributed by atoms with Crippen LogP contribution in [-0.2, 0) is 21.2 Å². The molecule has 142 valence electrons. The molecule has 0 atom stereocenters. The van der Waals surface area contributed by atoms with E-state index in [1.807, 2.05) is 18.2 Å². The Hall–Kier alpha value is -2.29. The fraction of sp³-hybridized carbons (Fsp3) is 0.263. The van der Waals surface area contributed by atoms with Crippen molar-refractivity contribution in [1.29, 1.82) is 0 Å². The number of sulfonamides is 1. The van der Waals surface area contributed by atoms with E-state index in [-0.39, 0.29) is 10.8 Å². The third-order valence-corrected chi connectivity index (χ3v) is 6.31. The minimum atomic E-state index is -3.81. The van der Waals surface area contributed by atoms with Crippen LogP contribution in [0.4, 0.5) is 5.69 Å². The Balaban J connectivity index is 1.50. The number of nitrogens with two attached hydrogens (primary N) is 1. The predicted molar refractivity (Wildman–Crippen MR) is 108 cm³/mol. The lowest BCUT2D eigenvalue weighted by Gasteiger charge is -2.09. The molecule has 3 aromatic rings. The molecule has 1 amide bonds. The molecule has 0 fully saturated rings. The van der Waals surface area contributed by atoms with Gasteiger partial charge in [-0.1, -0.05) is 18.2 Å². The molecular weight excluding hydrogens is 382 g/mol. The molecule has 27 heavy (non-hydrogen) atoms. The van der Waals surface area contributed by atoms with Crippen molar-refractivity contribution < 1.29 is 13.2 Å². The zero-order valence-corrected chi connectivity index (χ0v) is 16.6. The van der Waals surface area contributed by atoms with Gasteiger partial charge in [-0.25, -0.2) is 18.5 Å². The Morgan fingerprint density at radius 3 is 2.70 bits per heavy atom. The Labute approximate surface area is 162 Å². The number of para-hydroxylation sites is 1. The summed E-state index contributed by atoms with van der Waals surface area (Å²) in [5.74, 6) is -0.150. The number of primary sulfonamides is 1. The van der Waals surface area contributed by atoms with Crippen LogP contribution in [0.5, 0.6) is 0 Å². The third-order valence-electron chi connectivity index (χ3n) is 4.16. The molecule has 3 rings (SSSR count). The summed E-state index contributed by atoms with van der Waals surface area (Å²) in [5.41, 5.74) is 1.99. The van der Waals surface area contributed by atoms with Gasteiger partial charge < -0.3 is 5.32 Å². The number of unbranched alkanes of at least 4 members (excludes halogenated alkanes) is 1. The highest BCUT2D eigenvalue weighted by atomic mass is 32.2. The molecular formula is C19H21N3O3S2. The lowest BCUT2D eigenvalue weighted by Crippen LogP contribution is -2.15. The van der Waals surface area contributed by atoms with Crippen molar-refractivity contribution in [2.75, 3.05) is 5.32 Å². The molecule has 6 nitrogen and oxygen atoms in total. The van der Waals surface area contributed by atoms with Crippen LogP contribution in [0.2, 0.25) is 0 Å². The van der Waals surface area contributed by atoms with Gasteiger partial charge in [-0.15, -0.1) is 11.3 Å². The van der Waals surface area contributed by atoms with Crippen molar-refractivity contribution >= 4 is 43.2 Å². The number of thiazole rings is 1. The number of nitrogens with zero attached hydrogens (tertiary/aromatic N) is 1. The number of carbonyl (C=O) groups is 1. The number of fused-ring (bicyclic) bond motifs is 1. The Morgan fingerprint density at radius 1 is 1.19 bits per heavy atom. The van der Waals surface area contributed by atoms with Gasteiger partial charge in [0.1, 0.15) is 0 Å². The summed E-state index contributed by atoms with van der Waals surface area (Å²) in [7, 11) is -3.81. The van der Waals surface area contributed by atoms with E-state index >= 15 is 0 Å². The largest absolute Gasteiger partial charge is 0.326 e. The van der Waals surface area contributed by atoms with Gasteiger partial charge in [0.05, 0.1) is 20.1 Å². The molecule has 0 aliphatic heterocycles. The average Bonchev–Trinajstić information content (AvgIpc) is 3.02. The first-order valence-electron chi connectivity index (χ1n) is 8.61. The zero-order valence-electron chi connectivity index (χ0n) is 14.9. The molecule has 1 heterocycles. The fourth-order valence-corrected chi connectivity index (χ4v) is 4.61. The van der Waals surface area contributed by atoms with E-state index in [0.29, 0.717) is 17.7 Å². The topological polar surface area (TPSA) is 102 Å². The summed E-state index contributed by atoms with van der Waals surface area (Å²) >= 11 is 1.68. The molecule has 0 bridgehead atoms. The smallest absolute Gasteiger partial charge is 0.238 e. The van der Waals surface area contributed by atoms with Gasteiger partial charge in [0, 0.05) is 12.1 Å².